The maximum Gasteiger partial charge on any atom is 0.264 e. The van der Waals surface area contributed by atoms with Crippen molar-refractivity contribution in [1.82, 2.24) is 10.2 Å². The Morgan fingerprint density at radius 2 is 2.35 bits per heavy atom. The van der Waals surface area contributed by atoms with E-state index in [1.807, 2.05) is 12.1 Å². The standard InChI is InChI=1S/C12H15BrN2OS/c13-11-4-3-10(17-11)12(16)15-5-1-2-8-6-14-7-9(8)15/h3-4,8-9,14H,1-2,5-7H2. The predicted octanol–water partition coefficient (Wildman–Crippen LogP) is 2.33. The monoisotopic (exact) mass is 314 g/mol. The summed E-state index contributed by atoms with van der Waals surface area (Å²) >= 11 is 4.94. The van der Waals surface area contributed by atoms with Crippen LogP contribution in [-0.2, 0) is 0 Å². The molecule has 1 amide bonds. The summed E-state index contributed by atoms with van der Waals surface area (Å²) in [4.78, 5) is 15.4. The first kappa shape index (κ1) is 11.7. The molecule has 1 aromatic heterocycles. The summed E-state index contributed by atoms with van der Waals surface area (Å²) in [7, 11) is 0. The molecule has 17 heavy (non-hydrogen) atoms. The number of rotatable bonds is 1. The molecule has 2 saturated heterocycles. The summed E-state index contributed by atoms with van der Waals surface area (Å²) in [6.07, 6.45) is 2.40. The molecule has 0 bridgehead atoms. The number of fused-ring (bicyclic) bond motifs is 1. The van der Waals surface area contributed by atoms with E-state index in [0.717, 1.165) is 34.7 Å². The van der Waals surface area contributed by atoms with Crippen LogP contribution >= 0.6 is 27.3 Å². The number of hydrogen-bond donors (Lipinski definition) is 1. The average molecular weight is 315 g/mol. The third-order valence-corrected chi connectivity index (χ3v) is 5.33. The van der Waals surface area contributed by atoms with Crippen molar-refractivity contribution in [3.05, 3.63) is 20.8 Å². The van der Waals surface area contributed by atoms with Gasteiger partial charge in [0.25, 0.3) is 5.91 Å². The number of carbonyl (C=O) groups excluding carboxylic acids is 1. The maximum atomic E-state index is 12.4. The molecule has 3 nitrogen and oxygen atoms in total. The lowest BCUT2D eigenvalue weighted by atomic mass is 9.92. The highest BCUT2D eigenvalue weighted by atomic mass is 79.9. The number of likely N-dealkylation sites (tertiary alicyclic amines) is 1. The molecule has 0 spiro atoms. The number of nitrogens with one attached hydrogen (secondary N) is 1. The summed E-state index contributed by atoms with van der Waals surface area (Å²) < 4.78 is 1.03. The van der Waals surface area contributed by atoms with E-state index in [0.29, 0.717) is 12.0 Å². The molecular formula is C12H15BrN2OS. The minimum absolute atomic E-state index is 0.208. The largest absolute Gasteiger partial charge is 0.333 e. The molecule has 2 unspecified atom stereocenters. The van der Waals surface area contributed by atoms with Crippen LogP contribution in [0.15, 0.2) is 15.9 Å². The summed E-state index contributed by atoms with van der Waals surface area (Å²) in [6, 6.07) is 4.28. The van der Waals surface area contributed by atoms with E-state index in [4.69, 9.17) is 0 Å². The van der Waals surface area contributed by atoms with Crippen LogP contribution in [0.1, 0.15) is 22.5 Å². The number of carbonyl (C=O) groups is 1. The Morgan fingerprint density at radius 3 is 3.12 bits per heavy atom. The van der Waals surface area contributed by atoms with Crippen LogP contribution in [-0.4, -0.2) is 36.5 Å². The second-order valence-corrected chi connectivity index (χ2v) is 7.19. The lowest BCUT2D eigenvalue weighted by Crippen LogP contribution is -2.48. The zero-order chi connectivity index (χ0) is 11.8. The zero-order valence-corrected chi connectivity index (χ0v) is 11.9. The van der Waals surface area contributed by atoms with Crippen LogP contribution < -0.4 is 5.32 Å². The van der Waals surface area contributed by atoms with E-state index >= 15 is 0 Å². The van der Waals surface area contributed by atoms with Gasteiger partial charge < -0.3 is 10.2 Å². The van der Waals surface area contributed by atoms with Crippen molar-refractivity contribution >= 4 is 33.2 Å². The van der Waals surface area contributed by atoms with Gasteiger partial charge in [0, 0.05) is 25.7 Å². The highest BCUT2D eigenvalue weighted by molar-refractivity contribution is 9.11. The Morgan fingerprint density at radius 1 is 1.47 bits per heavy atom. The fraction of sp³-hybridized carbons (Fsp3) is 0.583. The van der Waals surface area contributed by atoms with Gasteiger partial charge in [-0.05, 0) is 46.8 Å². The van der Waals surface area contributed by atoms with Crippen LogP contribution in [0.4, 0.5) is 0 Å². The predicted molar refractivity (Wildman–Crippen MR) is 72.4 cm³/mol. The number of amides is 1. The Bertz CT molecular complexity index is 434. The Kier molecular flexibility index (Phi) is 3.23. The molecule has 0 aromatic carbocycles. The molecule has 0 radical (unpaired) electrons. The maximum absolute atomic E-state index is 12.4. The second-order valence-electron chi connectivity index (χ2n) is 4.73. The summed E-state index contributed by atoms with van der Waals surface area (Å²) in [5, 5.41) is 3.41. The third-order valence-electron chi connectivity index (χ3n) is 3.72. The van der Waals surface area contributed by atoms with Crippen molar-refractivity contribution in [2.45, 2.75) is 18.9 Å². The van der Waals surface area contributed by atoms with Crippen molar-refractivity contribution < 1.29 is 4.79 Å². The number of halogens is 1. The van der Waals surface area contributed by atoms with Crippen molar-refractivity contribution in [3.63, 3.8) is 0 Å². The molecule has 0 aliphatic carbocycles. The van der Waals surface area contributed by atoms with Crippen LogP contribution in [0.2, 0.25) is 0 Å². The summed E-state index contributed by atoms with van der Waals surface area (Å²) in [5.41, 5.74) is 0. The van der Waals surface area contributed by atoms with Gasteiger partial charge in [-0.1, -0.05) is 0 Å². The first-order valence-electron chi connectivity index (χ1n) is 6.03. The lowest BCUT2D eigenvalue weighted by Gasteiger charge is -2.36. The molecule has 1 aromatic rings. The van der Waals surface area contributed by atoms with Gasteiger partial charge in [0.2, 0.25) is 0 Å². The SMILES string of the molecule is O=C(c1ccc(Br)s1)N1CCCC2CNCC21. The minimum Gasteiger partial charge on any atom is -0.333 e. The quantitative estimate of drug-likeness (QED) is 0.863. The van der Waals surface area contributed by atoms with Gasteiger partial charge in [0.15, 0.2) is 0 Å². The van der Waals surface area contributed by atoms with E-state index in [1.54, 1.807) is 0 Å². The van der Waals surface area contributed by atoms with Crippen LogP contribution in [0.3, 0.4) is 0 Å². The van der Waals surface area contributed by atoms with E-state index in [2.05, 4.69) is 26.1 Å². The fourth-order valence-corrected chi connectivity index (χ4v) is 4.23. The molecule has 1 N–H and O–H groups in total. The molecule has 5 heteroatoms. The van der Waals surface area contributed by atoms with E-state index in [9.17, 15) is 4.79 Å². The van der Waals surface area contributed by atoms with Gasteiger partial charge >= 0.3 is 0 Å². The first-order chi connectivity index (χ1) is 8.25. The molecule has 2 fully saturated rings. The Balaban J connectivity index is 1.81. The molecule has 0 saturated carbocycles. The molecule has 3 heterocycles. The molecule has 2 aliphatic rings. The minimum atomic E-state index is 0.208. The zero-order valence-electron chi connectivity index (χ0n) is 9.49. The normalized spacial score (nSPS) is 28.2. The van der Waals surface area contributed by atoms with E-state index < -0.39 is 0 Å². The average Bonchev–Trinajstić information content (AvgIpc) is 2.95. The van der Waals surface area contributed by atoms with Gasteiger partial charge in [-0.2, -0.15) is 0 Å². The number of hydrogen-bond acceptors (Lipinski definition) is 3. The molecular weight excluding hydrogens is 300 g/mol. The van der Waals surface area contributed by atoms with Crippen molar-refractivity contribution in [2.24, 2.45) is 5.92 Å². The second kappa shape index (κ2) is 4.71. The van der Waals surface area contributed by atoms with Crippen LogP contribution in [0.5, 0.6) is 0 Å². The molecule has 92 valence electrons. The Labute approximate surface area is 113 Å². The summed E-state index contributed by atoms with van der Waals surface area (Å²) in [5.74, 6) is 0.871. The molecule has 3 rings (SSSR count). The van der Waals surface area contributed by atoms with Crippen molar-refractivity contribution in [2.75, 3.05) is 19.6 Å². The van der Waals surface area contributed by atoms with Gasteiger partial charge in [-0.3, -0.25) is 4.79 Å². The van der Waals surface area contributed by atoms with E-state index in [1.165, 1.54) is 17.8 Å². The van der Waals surface area contributed by atoms with E-state index in [-0.39, 0.29) is 5.91 Å². The van der Waals surface area contributed by atoms with Gasteiger partial charge in [-0.25, -0.2) is 0 Å². The fourth-order valence-electron chi connectivity index (χ4n) is 2.89. The highest BCUT2D eigenvalue weighted by Crippen LogP contribution is 2.30. The van der Waals surface area contributed by atoms with Crippen LogP contribution in [0.25, 0.3) is 0 Å². The smallest absolute Gasteiger partial charge is 0.264 e. The van der Waals surface area contributed by atoms with Crippen molar-refractivity contribution in [1.29, 1.82) is 0 Å². The first-order valence-corrected chi connectivity index (χ1v) is 7.63. The molecule has 2 atom stereocenters. The Hall–Kier alpha value is -0.390. The van der Waals surface area contributed by atoms with Crippen LogP contribution in [0, 0.1) is 5.92 Å². The lowest BCUT2D eigenvalue weighted by molar-refractivity contribution is 0.0580. The topological polar surface area (TPSA) is 32.3 Å². The third kappa shape index (κ3) is 2.16. The number of piperidine rings is 1. The van der Waals surface area contributed by atoms with Gasteiger partial charge in [-0.15, -0.1) is 11.3 Å². The number of nitrogens with zero attached hydrogens (tertiary/aromatic N) is 1. The van der Waals surface area contributed by atoms with Crippen molar-refractivity contribution in [3.8, 4) is 0 Å². The summed E-state index contributed by atoms with van der Waals surface area (Å²) in [6.45, 7) is 2.95. The van der Waals surface area contributed by atoms with Gasteiger partial charge in [0.05, 0.1) is 8.66 Å². The molecule has 2 aliphatic heterocycles. The number of thiophene rings is 1. The van der Waals surface area contributed by atoms with Gasteiger partial charge in [0.1, 0.15) is 0 Å². The highest BCUT2D eigenvalue weighted by Gasteiger charge is 2.37.